The van der Waals surface area contributed by atoms with Crippen LogP contribution in [0.15, 0.2) is 55.0 Å². The summed E-state index contributed by atoms with van der Waals surface area (Å²) in [6, 6.07) is 10.5. The van der Waals surface area contributed by atoms with Gasteiger partial charge in [0.15, 0.2) is 5.82 Å². The van der Waals surface area contributed by atoms with Crippen molar-refractivity contribution < 1.29 is 18.0 Å². The van der Waals surface area contributed by atoms with Crippen molar-refractivity contribution >= 4 is 33.3 Å². The smallest absolute Gasteiger partial charge is 0.259 e. The average Bonchev–Trinajstić information content (AvgIpc) is 3.34. The molecule has 0 unspecified atom stereocenters. The molecule has 2 amide bonds. The zero-order valence-corrected chi connectivity index (χ0v) is 22.9. The minimum atomic E-state index is -3.41. The first-order valence-electron chi connectivity index (χ1n) is 13.2. The van der Waals surface area contributed by atoms with Gasteiger partial charge in [-0.1, -0.05) is 19.3 Å². The number of sulfonamides is 1. The first-order chi connectivity index (χ1) is 18.8. The van der Waals surface area contributed by atoms with Gasteiger partial charge in [-0.3, -0.25) is 24.0 Å². The van der Waals surface area contributed by atoms with E-state index in [1.807, 2.05) is 12.1 Å². The zero-order chi connectivity index (χ0) is 27.7. The number of aromatic nitrogens is 3. The van der Waals surface area contributed by atoms with E-state index in [-0.39, 0.29) is 17.6 Å². The normalized spacial score (nSPS) is 14.9. The van der Waals surface area contributed by atoms with Gasteiger partial charge in [-0.2, -0.15) is 5.10 Å². The van der Waals surface area contributed by atoms with Crippen LogP contribution in [0.25, 0.3) is 0 Å². The molecule has 3 aromatic rings. The van der Waals surface area contributed by atoms with Crippen molar-refractivity contribution in [2.24, 2.45) is 0 Å². The minimum absolute atomic E-state index is 0.109. The summed E-state index contributed by atoms with van der Waals surface area (Å²) in [5.41, 5.74) is 2.69. The molecule has 0 atom stereocenters. The number of pyridine rings is 1. The molecule has 12 heteroatoms. The van der Waals surface area contributed by atoms with Gasteiger partial charge in [0.2, 0.25) is 10.0 Å². The number of benzene rings is 1. The fourth-order valence-corrected chi connectivity index (χ4v) is 4.99. The second kappa shape index (κ2) is 13.3. The summed E-state index contributed by atoms with van der Waals surface area (Å²) >= 11 is 0. The van der Waals surface area contributed by atoms with E-state index in [1.54, 1.807) is 52.4 Å². The summed E-state index contributed by atoms with van der Waals surface area (Å²) in [7, 11) is -3.41. The fraction of sp³-hybridized carbons (Fsp3) is 0.407. The molecule has 39 heavy (non-hydrogen) atoms. The third-order valence-electron chi connectivity index (χ3n) is 6.39. The van der Waals surface area contributed by atoms with Crippen molar-refractivity contribution in [3.63, 3.8) is 0 Å². The quantitative estimate of drug-likeness (QED) is 0.409. The molecule has 0 aliphatic carbocycles. The maximum atomic E-state index is 13.5. The van der Waals surface area contributed by atoms with Crippen LogP contribution in [0.1, 0.15) is 58.4 Å². The van der Waals surface area contributed by atoms with Crippen molar-refractivity contribution in [2.75, 3.05) is 35.5 Å². The van der Waals surface area contributed by atoms with Gasteiger partial charge in [0.25, 0.3) is 11.8 Å². The molecular formula is C27H35N7O4S. The van der Waals surface area contributed by atoms with Crippen LogP contribution in [0.5, 0.6) is 0 Å². The van der Waals surface area contributed by atoms with Crippen LogP contribution in [-0.2, 0) is 23.1 Å². The average molecular weight is 554 g/mol. The van der Waals surface area contributed by atoms with E-state index in [2.05, 4.69) is 25.4 Å². The number of rotatable bonds is 7. The zero-order valence-electron chi connectivity index (χ0n) is 22.1. The molecule has 1 aliphatic rings. The van der Waals surface area contributed by atoms with Crippen molar-refractivity contribution in [3.05, 3.63) is 71.7 Å². The first kappa shape index (κ1) is 28.2. The van der Waals surface area contributed by atoms with Gasteiger partial charge in [-0.15, -0.1) is 0 Å². The van der Waals surface area contributed by atoms with E-state index in [9.17, 15) is 18.0 Å². The lowest BCUT2D eigenvalue weighted by Gasteiger charge is -2.26. The molecule has 0 bridgehead atoms. The summed E-state index contributed by atoms with van der Waals surface area (Å²) < 4.78 is 26.6. The first-order valence-corrected chi connectivity index (χ1v) is 15.0. The van der Waals surface area contributed by atoms with E-state index in [0.29, 0.717) is 37.3 Å². The van der Waals surface area contributed by atoms with Gasteiger partial charge in [0, 0.05) is 55.5 Å². The Morgan fingerprint density at radius 1 is 1.05 bits per heavy atom. The highest BCUT2D eigenvalue weighted by molar-refractivity contribution is 7.92. The molecule has 0 saturated carbocycles. The van der Waals surface area contributed by atoms with Gasteiger partial charge < -0.3 is 15.5 Å². The van der Waals surface area contributed by atoms with E-state index in [4.69, 9.17) is 0 Å². The number of carbonyl (C=O) groups excluding carboxylic acids is 2. The predicted molar refractivity (Wildman–Crippen MR) is 150 cm³/mol. The molecule has 1 aromatic carbocycles. The topological polar surface area (TPSA) is 138 Å². The number of anilines is 2. The molecule has 11 nitrogen and oxygen atoms in total. The van der Waals surface area contributed by atoms with Gasteiger partial charge in [0.1, 0.15) is 0 Å². The maximum absolute atomic E-state index is 13.5. The lowest BCUT2D eigenvalue weighted by molar-refractivity contribution is 0.0950. The molecule has 208 valence electrons. The van der Waals surface area contributed by atoms with E-state index in [1.165, 1.54) is 0 Å². The molecule has 4 rings (SSSR count). The van der Waals surface area contributed by atoms with Crippen molar-refractivity contribution in [2.45, 2.75) is 45.2 Å². The van der Waals surface area contributed by atoms with E-state index in [0.717, 1.165) is 56.2 Å². The summed E-state index contributed by atoms with van der Waals surface area (Å²) in [6.45, 7) is 2.67. The Morgan fingerprint density at radius 3 is 2.67 bits per heavy atom. The summed E-state index contributed by atoms with van der Waals surface area (Å²) in [5.74, 6) is -0.125. The van der Waals surface area contributed by atoms with Crippen LogP contribution in [0, 0.1) is 0 Å². The van der Waals surface area contributed by atoms with Crippen LogP contribution in [0.2, 0.25) is 0 Å². The molecule has 3 N–H and O–H groups in total. The Kier molecular flexibility index (Phi) is 9.66. The molecule has 0 spiro atoms. The van der Waals surface area contributed by atoms with Crippen molar-refractivity contribution in [3.8, 4) is 0 Å². The summed E-state index contributed by atoms with van der Waals surface area (Å²) in [4.78, 5) is 32.4. The number of carbonyl (C=O) groups is 2. The van der Waals surface area contributed by atoms with Crippen LogP contribution in [-0.4, -0.2) is 60.9 Å². The van der Waals surface area contributed by atoms with Gasteiger partial charge >= 0.3 is 0 Å². The minimum Gasteiger partial charge on any atom is -0.350 e. The summed E-state index contributed by atoms with van der Waals surface area (Å²) in [6.07, 6.45) is 11.2. The maximum Gasteiger partial charge on any atom is 0.259 e. The highest BCUT2D eigenvalue weighted by atomic mass is 32.2. The van der Waals surface area contributed by atoms with Gasteiger partial charge in [-0.25, -0.2) is 8.42 Å². The highest BCUT2D eigenvalue weighted by Crippen LogP contribution is 2.26. The van der Waals surface area contributed by atoms with Crippen LogP contribution in [0.4, 0.5) is 11.5 Å². The molecule has 0 radical (unpaired) electrons. The SMILES string of the molecule is CS(=O)(=O)Nc1ccn(CCNC(=O)c2ccc3c(c2)CNCCCCCCCN3C(=O)c2cccnc2)n1. The lowest BCUT2D eigenvalue weighted by Crippen LogP contribution is -2.34. The summed E-state index contributed by atoms with van der Waals surface area (Å²) in [5, 5.41) is 10.5. The van der Waals surface area contributed by atoms with Crippen LogP contribution < -0.4 is 20.3 Å². The fourth-order valence-electron chi connectivity index (χ4n) is 4.50. The number of amides is 2. The standard InChI is InChI=1S/C27H35N7O4S/c1-39(37,38)32-25-11-16-33(31-25)17-14-30-26(35)21-9-10-24-23(18-21)20-28-12-5-3-2-4-6-15-34(24)27(36)22-8-7-13-29-19-22/h7-11,13,16,18-19,28H,2-6,12,14-15,17,20H2,1H3,(H,30,35)(H,31,32). The van der Waals surface area contributed by atoms with Crippen molar-refractivity contribution in [1.29, 1.82) is 0 Å². The molecule has 0 saturated heterocycles. The second-order valence-electron chi connectivity index (χ2n) is 9.58. The molecule has 3 heterocycles. The van der Waals surface area contributed by atoms with Gasteiger partial charge in [-0.05, 0) is 55.3 Å². The Bertz CT molecular complexity index is 1380. The van der Waals surface area contributed by atoms with Crippen molar-refractivity contribution in [1.82, 2.24) is 25.4 Å². The third kappa shape index (κ3) is 8.36. The van der Waals surface area contributed by atoms with Crippen LogP contribution in [0.3, 0.4) is 0 Å². The number of nitrogens with zero attached hydrogens (tertiary/aromatic N) is 4. The van der Waals surface area contributed by atoms with Crippen LogP contribution >= 0.6 is 0 Å². The molecular weight excluding hydrogens is 518 g/mol. The number of hydrogen-bond acceptors (Lipinski definition) is 7. The second-order valence-corrected chi connectivity index (χ2v) is 11.3. The Morgan fingerprint density at radius 2 is 1.87 bits per heavy atom. The highest BCUT2D eigenvalue weighted by Gasteiger charge is 2.22. The number of hydrogen-bond donors (Lipinski definition) is 3. The lowest BCUT2D eigenvalue weighted by atomic mass is 10.0. The van der Waals surface area contributed by atoms with Gasteiger partial charge in [0.05, 0.1) is 18.4 Å². The van der Waals surface area contributed by atoms with E-state index < -0.39 is 10.0 Å². The monoisotopic (exact) mass is 553 g/mol. The Balaban J connectivity index is 1.49. The predicted octanol–water partition coefficient (Wildman–Crippen LogP) is 2.78. The van der Waals surface area contributed by atoms with E-state index >= 15 is 0 Å². The Labute approximate surface area is 229 Å². The third-order valence-corrected chi connectivity index (χ3v) is 6.97. The molecule has 0 fully saturated rings. The Hall–Kier alpha value is -3.77. The largest absolute Gasteiger partial charge is 0.350 e. The number of fused-ring (bicyclic) bond motifs is 1. The molecule has 1 aliphatic heterocycles. The molecule has 2 aromatic heterocycles. The number of nitrogens with one attached hydrogen (secondary N) is 3.